The molecule has 6 heteroatoms. The van der Waals surface area contributed by atoms with Crippen molar-refractivity contribution in [2.45, 2.75) is 18.9 Å². The molecule has 6 nitrogen and oxygen atoms in total. The molecule has 0 heterocycles. The Morgan fingerprint density at radius 2 is 1.88 bits per heavy atom. The maximum Gasteiger partial charge on any atom is 0.253 e. The Morgan fingerprint density at radius 1 is 1.38 bits per heavy atom. The van der Waals surface area contributed by atoms with E-state index >= 15 is 0 Å². The van der Waals surface area contributed by atoms with Gasteiger partial charge in [-0.05, 0) is 0 Å². The van der Waals surface area contributed by atoms with Gasteiger partial charge in [0.1, 0.15) is 6.10 Å². The van der Waals surface area contributed by atoms with E-state index in [4.69, 9.17) is 21.0 Å². The van der Waals surface area contributed by atoms with Gasteiger partial charge in [-0.3, -0.25) is 4.79 Å². The van der Waals surface area contributed by atoms with E-state index < -0.39 is 6.10 Å². The number of amides is 1. The van der Waals surface area contributed by atoms with Crippen molar-refractivity contribution >= 4 is 5.91 Å². The lowest BCUT2D eigenvalue weighted by Crippen LogP contribution is -2.44. The molecule has 1 atom stereocenters. The number of hydrogen-bond donors (Lipinski definition) is 1. The third-order valence-electron chi connectivity index (χ3n) is 2.07. The molecular formula is C10H16N4O2. The first-order valence-corrected chi connectivity index (χ1v) is 4.96. The molecule has 16 heavy (non-hydrogen) atoms. The van der Waals surface area contributed by atoms with E-state index in [1.165, 1.54) is 12.0 Å². The van der Waals surface area contributed by atoms with E-state index in [0.717, 1.165) is 0 Å². The molecule has 0 bridgehead atoms. The first-order valence-electron chi connectivity index (χ1n) is 4.96. The van der Waals surface area contributed by atoms with Gasteiger partial charge in [-0.25, -0.2) is 0 Å². The zero-order chi connectivity index (χ0) is 12.4. The monoisotopic (exact) mass is 224 g/mol. The maximum absolute atomic E-state index is 11.8. The molecule has 0 aromatic heterocycles. The Bertz CT molecular complexity index is 270. The molecule has 2 N–H and O–H groups in total. The van der Waals surface area contributed by atoms with Gasteiger partial charge in [0.25, 0.3) is 5.91 Å². The molecule has 0 aromatic rings. The Balaban J connectivity index is 4.42. The summed E-state index contributed by atoms with van der Waals surface area (Å²) in [5.74, 6) is -0.268. The Kier molecular flexibility index (Phi) is 7.78. The standard InChI is InChI=1S/C10H16N4O2/c1-16-9(8-13)10(15)14(6-2-4-11)7-3-5-12/h9H,2-3,6-8,13H2,1H3. The highest BCUT2D eigenvalue weighted by atomic mass is 16.5. The molecule has 1 unspecified atom stereocenters. The van der Waals surface area contributed by atoms with E-state index in [9.17, 15) is 4.79 Å². The fourth-order valence-corrected chi connectivity index (χ4v) is 1.20. The van der Waals surface area contributed by atoms with Crippen molar-refractivity contribution in [1.82, 2.24) is 4.90 Å². The first kappa shape index (κ1) is 14.4. The molecule has 0 spiro atoms. The van der Waals surface area contributed by atoms with Crippen molar-refractivity contribution in [2.24, 2.45) is 5.73 Å². The van der Waals surface area contributed by atoms with Gasteiger partial charge in [0.15, 0.2) is 0 Å². The number of carbonyl (C=O) groups excluding carboxylic acids is 1. The Morgan fingerprint density at radius 3 is 2.19 bits per heavy atom. The highest BCUT2D eigenvalue weighted by Crippen LogP contribution is 2.01. The van der Waals surface area contributed by atoms with Crippen LogP contribution in [-0.2, 0) is 9.53 Å². The Hall–Kier alpha value is -1.63. The number of nitriles is 2. The highest BCUT2D eigenvalue weighted by Gasteiger charge is 2.22. The summed E-state index contributed by atoms with van der Waals surface area (Å²) >= 11 is 0. The average Bonchev–Trinajstić information content (AvgIpc) is 2.30. The maximum atomic E-state index is 11.8. The highest BCUT2D eigenvalue weighted by molar-refractivity contribution is 5.81. The van der Waals surface area contributed by atoms with Gasteiger partial charge in [0.2, 0.25) is 0 Å². The summed E-state index contributed by atoms with van der Waals surface area (Å²) in [7, 11) is 1.40. The molecule has 0 fully saturated rings. The van der Waals surface area contributed by atoms with Crippen LogP contribution in [-0.4, -0.2) is 43.7 Å². The normalized spacial score (nSPS) is 11.2. The predicted molar refractivity (Wildman–Crippen MR) is 56.9 cm³/mol. The number of carbonyl (C=O) groups is 1. The zero-order valence-electron chi connectivity index (χ0n) is 9.35. The lowest BCUT2D eigenvalue weighted by Gasteiger charge is -2.24. The van der Waals surface area contributed by atoms with Crippen LogP contribution in [0.15, 0.2) is 0 Å². The van der Waals surface area contributed by atoms with E-state index in [1.807, 2.05) is 12.1 Å². The molecular weight excluding hydrogens is 208 g/mol. The molecule has 0 aromatic carbocycles. The topological polar surface area (TPSA) is 103 Å². The molecule has 0 radical (unpaired) electrons. The van der Waals surface area contributed by atoms with Crippen molar-refractivity contribution in [3.63, 3.8) is 0 Å². The second-order valence-electron chi connectivity index (χ2n) is 3.10. The smallest absolute Gasteiger partial charge is 0.253 e. The fourth-order valence-electron chi connectivity index (χ4n) is 1.20. The van der Waals surface area contributed by atoms with Gasteiger partial charge in [-0.1, -0.05) is 0 Å². The number of methoxy groups -OCH3 is 1. The second-order valence-corrected chi connectivity index (χ2v) is 3.10. The van der Waals surface area contributed by atoms with Gasteiger partial charge in [-0.2, -0.15) is 10.5 Å². The van der Waals surface area contributed by atoms with Crippen molar-refractivity contribution in [3.8, 4) is 12.1 Å². The van der Waals surface area contributed by atoms with Crippen LogP contribution in [0.1, 0.15) is 12.8 Å². The molecule has 0 saturated carbocycles. The van der Waals surface area contributed by atoms with Crippen molar-refractivity contribution < 1.29 is 9.53 Å². The summed E-state index contributed by atoms with van der Waals surface area (Å²) in [6.07, 6.45) is -0.228. The van der Waals surface area contributed by atoms with Crippen molar-refractivity contribution in [2.75, 3.05) is 26.7 Å². The van der Waals surface area contributed by atoms with Crippen LogP contribution < -0.4 is 5.73 Å². The van der Waals surface area contributed by atoms with Crippen molar-refractivity contribution in [1.29, 1.82) is 10.5 Å². The van der Waals surface area contributed by atoms with Crippen LogP contribution in [0.25, 0.3) is 0 Å². The van der Waals surface area contributed by atoms with Crippen molar-refractivity contribution in [3.05, 3.63) is 0 Å². The fraction of sp³-hybridized carbons (Fsp3) is 0.700. The number of nitrogens with zero attached hydrogens (tertiary/aromatic N) is 3. The van der Waals surface area contributed by atoms with Gasteiger partial charge < -0.3 is 15.4 Å². The number of nitrogens with two attached hydrogens (primary N) is 1. The summed E-state index contributed by atoms with van der Waals surface area (Å²) in [5, 5.41) is 16.9. The molecule has 0 rings (SSSR count). The second kappa shape index (κ2) is 8.66. The van der Waals surface area contributed by atoms with E-state index in [0.29, 0.717) is 13.1 Å². The lowest BCUT2D eigenvalue weighted by atomic mass is 10.2. The van der Waals surface area contributed by atoms with Crippen LogP contribution in [0.5, 0.6) is 0 Å². The van der Waals surface area contributed by atoms with E-state index in [-0.39, 0.29) is 25.3 Å². The minimum absolute atomic E-state index is 0.0882. The average molecular weight is 224 g/mol. The van der Waals surface area contributed by atoms with Crippen LogP contribution in [0.2, 0.25) is 0 Å². The van der Waals surface area contributed by atoms with Crippen LogP contribution in [0, 0.1) is 22.7 Å². The van der Waals surface area contributed by atoms with Crippen LogP contribution in [0.4, 0.5) is 0 Å². The van der Waals surface area contributed by atoms with E-state index in [1.54, 1.807) is 0 Å². The molecule has 0 aliphatic rings. The van der Waals surface area contributed by atoms with Crippen LogP contribution >= 0.6 is 0 Å². The third kappa shape index (κ3) is 4.74. The summed E-state index contributed by atoms with van der Waals surface area (Å²) in [6.45, 7) is 0.693. The zero-order valence-corrected chi connectivity index (χ0v) is 9.35. The van der Waals surface area contributed by atoms with Gasteiger partial charge in [-0.15, -0.1) is 0 Å². The van der Waals surface area contributed by atoms with Gasteiger partial charge >= 0.3 is 0 Å². The molecule has 0 aliphatic carbocycles. The Labute approximate surface area is 95.2 Å². The predicted octanol–water partition coefficient (Wildman–Crippen LogP) is -0.384. The third-order valence-corrected chi connectivity index (χ3v) is 2.07. The summed E-state index contributed by atoms with van der Waals surface area (Å²) in [4.78, 5) is 13.3. The lowest BCUT2D eigenvalue weighted by molar-refractivity contribution is -0.141. The molecule has 0 aliphatic heterocycles. The minimum atomic E-state index is -0.697. The summed E-state index contributed by atoms with van der Waals surface area (Å²) < 4.78 is 4.92. The van der Waals surface area contributed by atoms with E-state index in [2.05, 4.69) is 0 Å². The molecule has 1 amide bonds. The SMILES string of the molecule is COC(CN)C(=O)N(CCC#N)CCC#N. The molecule has 0 saturated heterocycles. The number of rotatable bonds is 7. The molecule has 88 valence electrons. The van der Waals surface area contributed by atoms with Gasteiger partial charge in [0.05, 0.1) is 25.0 Å². The minimum Gasteiger partial charge on any atom is -0.370 e. The quantitative estimate of drug-likeness (QED) is 0.634. The number of hydrogen-bond acceptors (Lipinski definition) is 5. The van der Waals surface area contributed by atoms with Crippen LogP contribution in [0.3, 0.4) is 0 Å². The summed E-state index contributed by atoms with van der Waals surface area (Å²) in [5.41, 5.74) is 5.38. The number of ether oxygens (including phenoxy) is 1. The largest absolute Gasteiger partial charge is 0.370 e. The summed E-state index contributed by atoms with van der Waals surface area (Å²) in [6, 6.07) is 3.91. The first-order chi connectivity index (χ1) is 7.71. The van der Waals surface area contributed by atoms with Gasteiger partial charge in [0, 0.05) is 26.7 Å².